The highest BCUT2D eigenvalue weighted by atomic mass is 32.1. The maximum Gasteiger partial charge on any atom is 0.147 e. The molecule has 1 aromatic carbocycles. The van der Waals surface area contributed by atoms with Crippen LogP contribution in [0, 0.1) is 0 Å². The first-order valence-electron chi connectivity index (χ1n) is 5.98. The van der Waals surface area contributed by atoms with Crippen molar-refractivity contribution in [3.8, 4) is 10.6 Å². The molecule has 17 heavy (non-hydrogen) atoms. The third kappa shape index (κ3) is 3.61. The lowest BCUT2D eigenvalue weighted by molar-refractivity contribution is 0.668. The predicted molar refractivity (Wildman–Crippen MR) is 72.2 cm³/mol. The van der Waals surface area contributed by atoms with Crippen molar-refractivity contribution in [2.45, 2.75) is 19.8 Å². The van der Waals surface area contributed by atoms with E-state index in [0.717, 1.165) is 35.1 Å². The molecule has 0 spiro atoms. The maximum atomic E-state index is 4.23. The third-order valence-electron chi connectivity index (χ3n) is 2.43. The smallest absolute Gasteiger partial charge is 0.147 e. The molecular formula is C13H17N3S. The van der Waals surface area contributed by atoms with E-state index in [2.05, 4.69) is 34.6 Å². The fourth-order valence-corrected chi connectivity index (χ4v) is 2.39. The Morgan fingerprint density at radius 3 is 2.71 bits per heavy atom. The standard InChI is InChI=1S/C13H17N3S/c1-2-9-14-10-8-12-15-16-13(17-12)11-6-4-3-5-7-11/h3-7,14H,2,8-10H2,1H3. The molecule has 0 atom stereocenters. The number of hydrogen-bond acceptors (Lipinski definition) is 4. The van der Waals surface area contributed by atoms with Gasteiger partial charge in [0.2, 0.25) is 0 Å². The molecule has 4 heteroatoms. The van der Waals surface area contributed by atoms with Gasteiger partial charge in [0.1, 0.15) is 10.0 Å². The normalized spacial score (nSPS) is 10.6. The lowest BCUT2D eigenvalue weighted by atomic mass is 10.2. The molecule has 1 heterocycles. The molecule has 0 aliphatic rings. The summed E-state index contributed by atoms with van der Waals surface area (Å²) in [6.45, 7) is 4.23. The number of aromatic nitrogens is 2. The van der Waals surface area contributed by atoms with Gasteiger partial charge < -0.3 is 5.32 Å². The van der Waals surface area contributed by atoms with Gasteiger partial charge in [-0.1, -0.05) is 48.6 Å². The fraction of sp³-hybridized carbons (Fsp3) is 0.385. The number of nitrogens with zero attached hydrogens (tertiary/aromatic N) is 2. The summed E-state index contributed by atoms with van der Waals surface area (Å²) in [6.07, 6.45) is 2.13. The molecule has 0 saturated heterocycles. The van der Waals surface area contributed by atoms with Gasteiger partial charge in [0.05, 0.1) is 0 Å². The van der Waals surface area contributed by atoms with Crippen LogP contribution in [-0.2, 0) is 6.42 Å². The highest BCUT2D eigenvalue weighted by Gasteiger charge is 2.05. The SMILES string of the molecule is CCCNCCc1nnc(-c2ccccc2)s1. The lowest BCUT2D eigenvalue weighted by Crippen LogP contribution is -2.17. The molecule has 0 radical (unpaired) electrons. The highest BCUT2D eigenvalue weighted by Crippen LogP contribution is 2.22. The quantitative estimate of drug-likeness (QED) is 0.798. The molecule has 0 aliphatic heterocycles. The van der Waals surface area contributed by atoms with Gasteiger partial charge in [0.15, 0.2) is 0 Å². The first-order chi connectivity index (χ1) is 8.40. The van der Waals surface area contributed by atoms with Gasteiger partial charge in [-0.05, 0) is 13.0 Å². The van der Waals surface area contributed by atoms with Crippen molar-refractivity contribution in [3.63, 3.8) is 0 Å². The Balaban J connectivity index is 1.92. The summed E-state index contributed by atoms with van der Waals surface area (Å²) in [5, 5.41) is 13.9. The predicted octanol–water partition coefficient (Wildman–Crippen LogP) is 2.75. The third-order valence-corrected chi connectivity index (χ3v) is 3.46. The molecule has 3 nitrogen and oxygen atoms in total. The van der Waals surface area contributed by atoms with Crippen LogP contribution < -0.4 is 5.32 Å². The minimum atomic E-state index is 0.963. The fourth-order valence-electron chi connectivity index (χ4n) is 1.55. The number of nitrogens with one attached hydrogen (secondary N) is 1. The molecule has 90 valence electrons. The topological polar surface area (TPSA) is 37.8 Å². The van der Waals surface area contributed by atoms with Gasteiger partial charge in [-0.2, -0.15) is 0 Å². The van der Waals surface area contributed by atoms with Gasteiger partial charge in [-0.15, -0.1) is 10.2 Å². The van der Waals surface area contributed by atoms with Crippen molar-refractivity contribution in [1.82, 2.24) is 15.5 Å². The van der Waals surface area contributed by atoms with E-state index < -0.39 is 0 Å². The van der Waals surface area contributed by atoms with Crippen molar-refractivity contribution in [3.05, 3.63) is 35.3 Å². The van der Waals surface area contributed by atoms with E-state index in [4.69, 9.17) is 0 Å². The van der Waals surface area contributed by atoms with Gasteiger partial charge >= 0.3 is 0 Å². The number of rotatable bonds is 6. The van der Waals surface area contributed by atoms with Gasteiger partial charge in [-0.25, -0.2) is 0 Å². The molecule has 0 aliphatic carbocycles. The first kappa shape index (κ1) is 12.2. The second-order valence-corrected chi connectivity index (χ2v) is 4.93. The zero-order valence-corrected chi connectivity index (χ0v) is 10.8. The summed E-state index contributed by atoms with van der Waals surface area (Å²) in [4.78, 5) is 0. The van der Waals surface area contributed by atoms with Gasteiger partial charge in [0, 0.05) is 18.5 Å². The zero-order chi connectivity index (χ0) is 11.9. The molecule has 0 amide bonds. The first-order valence-corrected chi connectivity index (χ1v) is 6.80. The Morgan fingerprint density at radius 1 is 1.12 bits per heavy atom. The van der Waals surface area contributed by atoms with Crippen LogP contribution in [0.1, 0.15) is 18.4 Å². The second kappa shape index (κ2) is 6.47. The van der Waals surface area contributed by atoms with Gasteiger partial charge in [-0.3, -0.25) is 0 Å². The van der Waals surface area contributed by atoms with Crippen LogP contribution in [0.2, 0.25) is 0 Å². The molecular weight excluding hydrogens is 230 g/mol. The second-order valence-electron chi connectivity index (χ2n) is 3.87. The number of benzene rings is 1. The summed E-state index contributed by atoms with van der Waals surface area (Å²) in [5.41, 5.74) is 1.15. The summed E-state index contributed by atoms with van der Waals surface area (Å²) in [5.74, 6) is 0. The molecule has 2 aromatic rings. The molecule has 0 bridgehead atoms. The lowest BCUT2D eigenvalue weighted by Gasteiger charge is -1.98. The van der Waals surface area contributed by atoms with Crippen LogP contribution in [0.3, 0.4) is 0 Å². The van der Waals surface area contributed by atoms with E-state index in [0.29, 0.717) is 0 Å². The van der Waals surface area contributed by atoms with Crippen molar-refractivity contribution in [1.29, 1.82) is 0 Å². The number of hydrogen-bond donors (Lipinski definition) is 1. The highest BCUT2D eigenvalue weighted by molar-refractivity contribution is 7.14. The molecule has 1 aromatic heterocycles. The monoisotopic (exact) mass is 247 g/mol. The van der Waals surface area contributed by atoms with Crippen LogP contribution in [-0.4, -0.2) is 23.3 Å². The van der Waals surface area contributed by atoms with E-state index in [9.17, 15) is 0 Å². The van der Waals surface area contributed by atoms with E-state index in [1.807, 2.05) is 18.2 Å². The Labute approximate surface area is 106 Å². The van der Waals surface area contributed by atoms with E-state index >= 15 is 0 Å². The Morgan fingerprint density at radius 2 is 1.94 bits per heavy atom. The van der Waals surface area contributed by atoms with Gasteiger partial charge in [0.25, 0.3) is 0 Å². The Kier molecular flexibility index (Phi) is 4.64. The van der Waals surface area contributed by atoms with E-state index in [-0.39, 0.29) is 0 Å². The van der Waals surface area contributed by atoms with Crippen LogP contribution in [0.4, 0.5) is 0 Å². The maximum absolute atomic E-state index is 4.23. The van der Waals surface area contributed by atoms with Crippen LogP contribution in [0.15, 0.2) is 30.3 Å². The van der Waals surface area contributed by atoms with Crippen LogP contribution in [0.5, 0.6) is 0 Å². The molecule has 0 fully saturated rings. The summed E-state index contributed by atoms with van der Waals surface area (Å²) in [6, 6.07) is 10.2. The Hall–Kier alpha value is -1.26. The minimum Gasteiger partial charge on any atom is -0.316 e. The summed E-state index contributed by atoms with van der Waals surface area (Å²) < 4.78 is 0. The summed E-state index contributed by atoms with van der Waals surface area (Å²) >= 11 is 1.68. The molecule has 2 rings (SSSR count). The van der Waals surface area contributed by atoms with Crippen molar-refractivity contribution in [2.75, 3.05) is 13.1 Å². The average molecular weight is 247 g/mol. The molecule has 0 unspecified atom stereocenters. The minimum absolute atomic E-state index is 0.963. The zero-order valence-electron chi connectivity index (χ0n) is 10.0. The van der Waals surface area contributed by atoms with E-state index in [1.54, 1.807) is 11.3 Å². The average Bonchev–Trinajstić information content (AvgIpc) is 2.85. The van der Waals surface area contributed by atoms with Crippen LogP contribution in [0.25, 0.3) is 10.6 Å². The largest absolute Gasteiger partial charge is 0.316 e. The Bertz CT molecular complexity index is 439. The molecule has 0 saturated carbocycles. The van der Waals surface area contributed by atoms with Crippen molar-refractivity contribution < 1.29 is 0 Å². The van der Waals surface area contributed by atoms with Crippen molar-refractivity contribution in [2.24, 2.45) is 0 Å². The molecule has 1 N–H and O–H groups in total. The summed E-state index contributed by atoms with van der Waals surface area (Å²) in [7, 11) is 0. The van der Waals surface area contributed by atoms with E-state index in [1.165, 1.54) is 6.42 Å². The van der Waals surface area contributed by atoms with Crippen LogP contribution >= 0.6 is 11.3 Å². The van der Waals surface area contributed by atoms with Crippen molar-refractivity contribution >= 4 is 11.3 Å².